The van der Waals surface area contributed by atoms with Crippen molar-refractivity contribution in [3.63, 3.8) is 0 Å². The molecule has 3 aromatic rings. The molecule has 0 radical (unpaired) electrons. The van der Waals surface area contributed by atoms with Crippen LogP contribution in [0, 0.1) is 11.8 Å². The molecule has 1 aliphatic heterocycles. The number of aromatic hydroxyl groups is 1. The summed E-state index contributed by atoms with van der Waals surface area (Å²) in [5.41, 5.74) is 1.94. The van der Waals surface area contributed by atoms with Gasteiger partial charge < -0.3 is 51.8 Å². The molecule has 0 fully saturated rings. The van der Waals surface area contributed by atoms with Crippen LogP contribution in [-0.2, 0) is 35.2 Å². The van der Waals surface area contributed by atoms with Gasteiger partial charge in [-0.25, -0.2) is 4.79 Å². The van der Waals surface area contributed by atoms with Crippen LogP contribution < -0.4 is 42.6 Å². The van der Waals surface area contributed by atoms with E-state index in [2.05, 4.69) is 31.9 Å². The lowest BCUT2D eigenvalue weighted by Gasteiger charge is -2.23. The maximum Gasteiger partial charge on any atom is 0.471 e. The van der Waals surface area contributed by atoms with Gasteiger partial charge in [0.15, 0.2) is 5.43 Å². The van der Waals surface area contributed by atoms with Crippen LogP contribution in [0.2, 0.25) is 0 Å². The van der Waals surface area contributed by atoms with Crippen molar-refractivity contribution in [3.8, 4) is 28.2 Å². The average Bonchev–Trinajstić information content (AvgIpc) is 3.46. The van der Waals surface area contributed by atoms with Crippen molar-refractivity contribution in [3.05, 3.63) is 112 Å². The fourth-order valence-electron chi connectivity index (χ4n) is 8.71. The number of carbonyl (C=O) groups is 8. The van der Waals surface area contributed by atoms with Crippen LogP contribution in [0.25, 0.3) is 33.4 Å². The number of fused-ring (bicyclic) bond motifs is 2. The number of halogens is 3. The highest BCUT2D eigenvalue weighted by Gasteiger charge is 2.38. The number of phenols is 1. The number of carboxylic acids is 1. The van der Waals surface area contributed by atoms with Crippen LogP contribution in [0.5, 0.6) is 5.75 Å². The van der Waals surface area contributed by atoms with Crippen molar-refractivity contribution in [1.29, 1.82) is 0 Å². The molecule has 2 aliphatic rings. The predicted molar refractivity (Wildman–Crippen MR) is 283 cm³/mol. The Morgan fingerprint density at radius 3 is 2.10 bits per heavy atom. The highest BCUT2D eigenvalue weighted by molar-refractivity contribution is 6.09. The molecule has 9 N–H and O–H groups in total. The van der Waals surface area contributed by atoms with Crippen LogP contribution >= 0.6 is 0 Å². The first-order valence-corrected chi connectivity index (χ1v) is 25.7. The number of phenolic OH excluding ortho intramolecular Hbond substituents is 1. The summed E-state index contributed by atoms with van der Waals surface area (Å²) in [5.74, 6) is -7.63. The van der Waals surface area contributed by atoms with Gasteiger partial charge in [-0.3, -0.25) is 38.4 Å². The summed E-state index contributed by atoms with van der Waals surface area (Å²) in [5, 5.41) is 38.5. The molecule has 22 heteroatoms. The van der Waals surface area contributed by atoms with Crippen LogP contribution in [-0.4, -0.2) is 109 Å². The fraction of sp³-hybridized carbons (Fsp3) is 0.411. The Bertz CT molecular complexity index is 2950. The molecule has 1 aliphatic carbocycles. The summed E-state index contributed by atoms with van der Waals surface area (Å²) in [6.45, 7) is 2.80. The van der Waals surface area contributed by atoms with Gasteiger partial charge in [0.05, 0.1) is 18.0 Å². The van der Waals surface area contributed by atoms with E-state index >= 15 is 0 Å². The normalized spacial score (nSPS) is 12.5. The van der Waals surface area contributed by atoms with Crippen LogP contribution in [0.1, 0.15) is 104 Å². The SMILES string of the molecule is CNC(=O)C(CCCc1ccccc1)NC(=O)C(CCCCNC(=O)C(F)(F)F)CNC(=O)CNC(=O)C(CC(C)C)NC(=O)CCCCCNC(=O)c1ccc(-c2c3ccc(=O)cc-3oc3cc(O)ccc23)c(C(=O)O)c1. The van der Waals surface area contributed by atoms with Crippen molar-refractivity contribution >= 4 is 58.3 Å². The lowest BCUT2D eigenvalue weighted by molar-refractivity contribution is -0.173. The van der Waals surface area contributed by atoms with Gasteiger partial charge in [-0.15, -0.1) is 0 Å². The molecule has 7 amide bonds. The molecule has 1 heterocycles. The largest absolute Gasteiger partial charge is 0.508 e. The molecule has 0 saturated heterocycles. The topological polar surface area (TPSA) is 291 Å². The Morgan fingerprint density at radius 2 is 1.40 bits per heavy atom. The molecule has 3 unspecified atom stereocenters. The number of carbonyl (C=O) groups excluding carboxylic acids is 7. The van der Waals surface area contributed by atoms with E-state index in [9.17, 15) is 66.5 Å². The summed E-state index contributed by atoms with van der Waals surface area (Å²) in [7, 11) is 1.42. The highest BCUT2D eigenvalue weighted by Crippen LogP contribution is 2.42. The fourth-order valence-corrected chi connectivity index (χ4v) is 8.71. The van der Waals surface area contributed by atoms with Crippen molar-refractivity contribution in [2.24, 2.45) is 11.8 Å². The van der Waals surface area contributed by atoms with E-state index in [1.807, 2.05) is 44.2 Å². The quantitative estimate of drug-likeness (QED) is 0.0205. The van der Waals surface area contributed by atoms with Gasteiger partial charge in [-0.1, -0.05) is 63.1 Å². The number of aryl methyl sites for hydroxylation is 1. The van der Waals surface area contributed by atoms with Gasteiger partial charge in [-0.05, 0) is 105 Å². The molecule has 3 aromatic carbocycles. The Balaban J connectivity index is 1.09. The van der Waals surface area contributed by atoms with Gasteiger partial charge in [0, 0.05) is 67.3 Å². The van der Waals surface area contributed by atoms with Crippen LogP contribution in [0.3, 0.4) is 0 Å². The van der Waals surface area contributed by atoms with Crippen LogP contribution in [0.15, 0.2) is 94.1 Å². The molecule has 0 spiro atoms. The number of rotatable bonds is 29. The van der Waals surface area contributed by atoms with Gasteiger partial charge in [0.25, 0.3) is 5.91 Å². The zero-order valence-corrected chi connectivity index (χ0v) is 43.6. The van der Waals surface area contributed by atoms with Crippen LogP contribution in [0.4, 0.5) is 13.2 Å². The Morgan fingerprint density at radius 1 is 0.679 bits per heavy atom. The highest BCUT2D eigenvalue weighted by atomic mass is 19.4. The monoisotopic (exact) mass is 1090 g/mol. The molecule has 0 bridgehead atoms. The smallest absolute Gasteiger partial charge is 0.471 e. The number of likely N-dealkylation sites (N-methyl/N-ethyl adjacent to an activating group) is 1. The average molecular weight is 1090 g/mol. The molecule has 418 valence electrons. The Labute approximate surface area is 448 Å². The number of unbranched alkanes of at least 4 members (excludes halogenated alkanes) is 3. The van der Waals surface area contributed by atoms with Crippen molar-refractivity contribution in [2.75, 3.05) is 33.2 Å². The third-order valence-corrected chi connectivity index (χ3v) is 12.7. The second-order valence-corrected chi connectivity index (χ2v) is 19.2. The van der Waals surface area contributed by atoms with E-state index in [4.69, 9.17) is 4.42 Å². The van der Waals surface area contributed by atoms with Gasteiger partial charge in [0.1, 0.15) is 29.2 Å². The van der Waals surface area contributed by atoms with E-state index in [-0.39, 0.29) is 103 Å². The van der Waals surface area contributed by atoms with E-state index in [0.29, 0.717) is 48.6 Å². The first kappa shape index (κ1) is 60.6. The lowest BCUT2D eigenvalue weighted by atomic mass is 9.90. The first-order valence-electron chi connectivity index (χ1n) is 25.7. The van der Waals surface area contributed by atoms with Crippen molar-refractivity contribution < 1.29 is 66.2 Å². The van der Waals surface area contributed by atoms with E-state index in [0.717, 1.165) is 5.56 Å². The number of hydrogen-bond donors (Lipinski definition) is 9. The second-order valence-electron chi connectivity index (χ2n) is 19.2. The van der Waals surface area contributed by atoms with Gasteiger partial charge in [-0.2, -0.15) is 13.2 Å². The van der Waals surface area contributed by atoms with E-state index < -0.39 is 78.0 Å². The second kappa shape index (κ2) is 29.3. The number of benzene rings is 4. The third-order valence-electron chi connectivity index (χ3n) is 12.7. The maximum atomic E-state index is 13.6. The zero-order valence-electron chi connectivity index (χ0n) is 43.6. The number of aromatic carboxylic acids is 1. The number of alkyl halides is 3. The summed E-state index contributed by atoms with van der Waals surface area (Å²) >= 11 is 0. The zero-order chi connectivity index (χ0) is 56.9. The standard InChI is InChI=1S/C56H66F3N7O12/c1-33(2)27-44(53(74)64-32-48(70)63-31-36(16-9-11-26-62-55(77)56(57,58)59)51(72)66-43(52(73)60-3)17-12-15-34-13-6-4-7-14-34)65-47(69)18-8-5-10-25-61-50(71)35-19-22-39(42(28-35)54(75)76)49-40-23-20-37(67)29-45(40)78-46-30-38(68)21-24-41(46)49/h4,6-7,13-14,19-24,28-30,33,36,43-44,67H,5,8-12,15-18,25-27,31-32H2,1-3H3,(H,60,73)(H,61,71)(H,62,77)(H,63,70)(H,64,74)(H,65,69)(H,66,72)(H,75,76). The number of hydrogen-bond acceptors (Lipinski definition) is 11. The summed E-state index contributed by atoms with van der Waals surface area (Å²) in [6, 6.07) is 20.3. The molecule has 3 atom stereocenters. The number of nitrogens with one attached hydrogen (secondary N) is 7. The minimum Gasteiger partial charge on any atom is -0.508 e. The van der Waals surface area contributed by atoms with Gasteiger partial charge >= 0.3 is 18.1 Å². The molecule has 19 nitrogen and oxygen atoms in total. The van der Waals surface area contributed by atoms with Crippen molar-refractivity contribution in [2.45, 2.75) is 103 Å². The maximum absolute atomic E-state index is 13.6. The predicted octanol–water partition coefficient (Wildman–Crippen LogP) is 5.74. The number of carboxylic acid groups (broad SMARTS) is 1. The first-order chi connectivity index (χ1) is 37.1. The Kier molecular flexibility index (Phi) is 22.7. The minimum atomic E-state index is -5.06. The minimum absolute atomic E-state index is 0.0393. The summed E-state index contributed by atoms with van der Waals surface area (Å²) in [4.78, 5) is 115. The lowest BCUT2D eigenvalue weighted by Crippen LogP contribution is -2.51. The molecular weight excluding hydrogens is 1020 g/mol. The molecule has 78 heavy (non-hydrogen) atoms. The number of amides is 7. The molecule has 0 saturated carbocycles. The Hall–Kier alpha value is -8.30. The van der Waals surface area contributed by atoms with E-state index in [1.54, 1.807) is 11.4 Å². The summed E-state index contributed by atoms with van der Waals surface area (Å²) in [6.07, 6.45) is -1.63. The molecule has 0 aromatic heterocycles. The molecular formula is C56H66F3N7O12. The van der Waals surface area contributed by atoms with E-state index in [1.165, 1.54) is 55.6 Å². The summed E-state index contributed by atoms with van der Waals surface area (Å²) < 4.78 is 43.9. The van der Waals surface area contributed by atoms with Gasteiger partial charge in [0.2, 0.25) is 29.5 Å². The molecule has 5 rings (SSSR count). The third kappa shape index (κ3) is 18.5. The van der Waals surface area contributed by atoms with Crippen molar-refractivity contribution in [1.82, 2.24) is 37.2 Å².